The van der Waals surface area contributed by atoms with Gasteiger partial charge in [0.25, 0.3) is 0 Å². The number of hydrogen-bond donors (Lipinski definition) is 1. The normalized spacial score (nSPS) is 12.9. The zero-order chi connectivity index (χ0) is 18.2. The van der Waals surface area contributed by atoms with Gasteiger partial charge in [0, 0.05) is 0 Å². The summed E-state index contributed by atoms with van der Waals surface area (Å²) < 4.78 is 4.62. The van der Waals surface area contributed by atoms with Gasteiger partial charge < -0.3 is 9.84 Å². The third kappa shape index (κ3) is 11.4. The molecule has 0 saturated heterocycles. The highest BCUT2D eigenvalue weighted by Gasteiger charge is 2.22. The first kappa shape index (κ1) is 22.8. The highest BCUT2D eigenvalue weighted by atomic mass is 16.5. The molecule has 0 aliphatic rings. The van der Waals surface area contributed by atoms with Crippen molar-refractivity contribution in [2.45, 2.75) is 97.0 Å². The standard InChI is InChI=1S/C20H36O4/c1-4-5-6-7-8-9-10-11-12-13-14-15-16-18(20(23)24-3)19(22)17(2)21/h16,19,22H,4-15H2,1-3H3/t19-/m1/s1. The number of aliphatic hydroxyl groups is 1. The molecule has 0 saturated carbocycles. The Bertz CT molecular complexity index is 374. The molecule has 0 radical (unpaired) electrons. The Labute approximate surface area is 147 Å². The van der Waals surface area contributed by atoms with Gasteiger partial charge in [-0.1, -0.05) is 77.2 Å². The van der Waals surface area contributed by atoms with Gasteiger partial charge in [-0.2, -0.15) is 0 Å². The van der Waals surface area contributed by atoms with Crippen LogP contribution in [0.15, 0.2) is 11.6 Å². The lowest BCUT2D eigenvalue weighted by atomic mass is 10.0. The average molecular weight is 341 g/mol. The van der Waals surface area contributed by atoms with Crippen molar-refractivity contribution in [1.29, 1.82) is 0 Å². The van der Waals surface area contributed by atoms with Crippen molar-refractivity contribution in [3.63, 3.8) is 0 Å². The summed E-state index contributed by atoms with van der Waals surface area (Å²) in [5.41, 5.74) is 0.0667. The van der Waals surface area contributed by atoms with Crippen molar-refractivity contribution in [3.8, 4) is 0 Å². The average Bonchev–Trinajstić information content (AvgIpc) is 2.57. The molecule has 4 nitrogen and oxygen atoms in total. The van der Waals surface area contributed by atoms with Gasteiger partial charge in [0.1, 0.15) is 6.10 Å². The molecule has 4 heteroatoms. The highest BCUT2D eigenvalue weighted by molar-refractivity contribution is 5.98. The lowest BCUT2D eigenvalue weighted by Crippen LogP contribution is -2.25. The smallest absolute Gasteiger partial charge is 0.336 e. The molecule has 0 aliphatic carbocycles. The van der Waals surface area contributed by atoms with Crippen LogP contribution in [0.25, 0.3) is 0 Å². The highest BCUT2D eigenvalue weighted by Crippen LogP contribution is 2.14. The maximum atomic E-state index is 11.6. The summed E-state index contributed by atoms with van der Waals surface area (Å²) in [6, 6.07) is 0. The molecule has 0 fully saturated rings. The fourth-order valence-electron chi connectivity index (χ4n) is 2.71. The Balaban J connectivity index is 3.77. The first-order chi connectivity index (χ1) is 11.5. The van der Waals surface area contributed by atoms with Gasteiger partial charge in [-0.15, -0.1) is 0 Å². The maximum Gasteiger partial charge on any atom is 0.336 e. The fraction of sp³-hybridized carbons (Fsp3) is 0.800. The second-order valence-electron chi connectivity index (χ2n) is 6.49. The van der Waals surface area contributed by atoms with Crippen molar-refractivity contribution in [2.75, 3.05) is 7.11 Å². The lowest BCUT2D eigenvalue weighted by Gasteiger charge is -2.10. The molecule has 0 bridgehead atoms. The third-order valence-electron chi connectivity index (χ3n) is 4.27. The summed E-state index contributed by atoms with van der Waals surface area (Å²) in [6.07, 6.45) is 14.9. The topological polar surface area (TPSA) is 63.6 Å². The zero-order valence-electron chi connectivity index (χ0n) is 15.8. The molecular formula is C20H36O4. The van der Waals surface area contributed by atoms with Gasteiger partial charge >= 0.3 is 5.97 Å². The van der Waals surface area contributed by atoms with Gasteiger partial charge in [0.05, 0.1) is 12.7 Å². The number of methoxy groups -OCH3 is 1. The summed E-state index contributed by atoms with van der Waals surface area (Å²) in [5, 5.41) is 9.75. The Kier molecular flexibility index (Phi) is 14.6. The molecule has 0 unspecified atom stereocenters. The molecule has 0 aromatic carbocycles. The van der Waals surface area contributed by atoms with Gasteiger partial charge in [-0.25, -0.2) is 4.79 Å². The van der Waals surface area contributed by atoms with E-state index in [2.05, 4.69) is 11.7 Å². The summed E-state index contributed by atoms with van der Waals surface area (Å²) in [5.74, 6) is -1.06. The Hall–Kier alpha value is -1.16. The second-order valence-corrected chi connectivity index (χ2v) is 6.49. The minimum atomic E-state index is -1.37. The summed E-state index contributed by atoms with van der Waals surface area (Å²) in [6.45, 7) is 3.51. The van der Waals surface area contributed by atoms with E-state index in [0.717, 1.165) is 12.8 Å². The number of esters is 1. The quantitative estimate of drug-likeness (QED) is 0.266. The number of hydrogen-bond acceptors (Lipinski definition) is 4. The fourth-order valence-corrected chi connectivity index (χ4v) is 2.71. The van der Waals surface area contributed by atoms with Crippen LogP contribution in [0.3, 0.4) is 0 Å². The Morgan fingerprint density at radius 3 is 1.79 bits per heavy atom. The van der Waals surface area contributed by atoms with Crippen LogP contribution < -0.4 is 0 Å². The van der Waals surface area contributed by atoms with Crippen LogP contribution in [0.2, 0.25) is 0 Å². The first-order valence-corrected chi connectivity index (χ1v) is 9.51. The van der Waals surface area contributed by atoms with Gasteiger partial charge in [-0.05, 0) is 19.8 Å². The van der Waals surface area contributed by atoms with Crippen molar-refractivity contribution in [3.05, 3.63) is 11.6 Å². The molecule has 0 aromatic rings. The number of unbranched alkanes of at least 4 members (excludes halogenated alkanes) is 11. The number of carbonyl (C=O) groups excluding carboxylic acids is 2. The van der Waals surface area contributed by atoms with Crippen LogP contribution in [0, 0.1) is 0 Å². The van der Waals surface area contributed by atoms with E-state index in [9.17, 15) is 14.7 Å². The van der Waals surface area contributed by atoms with E-state index in [0.29, 0.717) is 6.42 Å². The third-order valence-corrected chi connectivity index (χ3v) is 4.27. The SMILES string of the molecule is CCCCCCCCCCCCCC=C(C(=O)OC)[C@H](O)C(C)=O. The molecule has 1 N–H and O–H groups in total. The van der Waals surface area contributed by atoms with Crippen LogP contribution in [0.4, 0.5) is 0 Å². The number of aliphatic hydroxyl groups excluding tert-OH is 1. The van der Waals surface area contributed by atoms with Crippen molar-refractivity contribution >= 4 is 11.8 Å². The van der Waals surface area contributed by atoms with Gasteiger partial charge in [0.15, 0.2) is 5.78 Å². The maximum absolute atomic E-state index is 11.6. The van der Waals surface area contributed by atoms with E-state index in [1.54, 1.807) is 6.08 Å². The number of ether oxygens (including phenoxy) is 1. The number of ketones is 1. The summed E-state index contributed by atoms with van der Waals surface area (Å²) >= 11 is 0. The molecule has 24 heavy (non-hydrogen) atoms. The monoisotopic (exact) mass is 340 g/mol. The van der Waals surface area contributed by atoms with Crippen LogP contribution >= 0.6 is 0 Å². The number of allylic oxidation sites excluding steroid dienone is 1. The van der Waals surface area contributed by atoms with E-state index < -0.39 is 17.9 Å². The Morgan fingerprint density at radius 2 is 1.38 bits per heavy atom. The first-order valence-electron chi connectivity index (χ1n) is 9.51. The predicted molar refractivity (Wildman–Crippen MR) is 97.9 cm³/mol. The molecule has 0 spiro atoms. The van der Waals surface area contributed by atoms with Crippen LogP contribution in [-0.4, -0.2) is 30.1 Å². The van der Waals surface area contributed by atoms with E-state index in [-0.39, 0.29) is 5.57 Å². The van der Waals surface area contributed by atoms with Crippen molar-refractivity contribution in [2.24, 2.45) is 0 Å². The van der Waals surface area contributed by atoms with Crippen molar-refractivity contribution < 1.29 is 19.4 Å². The van der Waals surface area contributed by atoms with E-state index in [4.69, 9.17) is 0 Å². The lowest BCUT2D eigenvalue weighted by molar-refractivity contribution is -0.139. The number of Topliss-reactive ketones (excluding diaryl/α,β-unsaturated/α-hetero) is 1. The number of rotatable bonds is 15. The minimum absolute atomic E-state index is 0.0667. The van der Waals surface area contributed by atoms with Crippen molar-refractivity contribution in [1.82, 2.24) is 0 Å². The molecule has 0 amide bonds. The van der Waals surface area contributed by atoms with E-state index in [1.807, 2.05) is 0 Å². The molecule has 0 aliphatic heterocycles. The van der Waals surface area contributed by atoms with Gasteiger partial charge in [-0.3, -0.25) is 4.79 Å². The molecule has 0 aromatic heterocycles. The van der Waals surface area contributed by atoms with Crippen LogP contribution in [0.5, 0.6) is 0 Å². The Morgan fingerprint density at radius 1 is 0.917 bits per heavy atom. The molecule has 140 valence electrons. The minimum Gasteiger partial charge on any atom is -0.466 e. The van der Waals surface area contributed by atoms with E-state index >= 15 is 0 Å². The molecule has 1 atom stereocenters. The van der Waals surface area contributed by atoms with Crippen LogP contribution in [0.1, 0.15) is 90.9 Å². The number of carbonyl (C=O) groups is 2. The van der Waals surface area contributed by atoms with Crippen LogP contribution in [-0.2, 0) is 14.3 Å². The molecule has 0 rings (SSSR count). The predicted octanol–water partition coefficient (Wildman–Crippen LogP) is 4.74. The summed E-state index contributed by atoms with van der Waals surface area (Å²) in [4.78, 5) is 22.8. The van der Waals surface area contributed by atoms with Gasteiger partial charge in [0.2, 0.25) is 0 Å². The zero-order valence-corrected chi connectivity index (χ0v) is 15.8. The molecular weight excluding hydrogens is 304 g/mol. The second kappa shape index (κ2) is 15.4. The summed E-state index contributed by atoms with van der Waals surface area (Å²) in [7, 11) is 1.26. The molecule has 0 heterocycles. The largest absolute Gasteiger partial charge is 0.466 e. The van der Waals surface area contributed by atoms with E-state index in [1.165, 1.54) is 71.8 Å².